The van der Waals surface area contributed by atoms with Crippen molar-refractivity contribution in [3.05, 3.63) is 35.0 Å². The van der Waals surface area contributed by atoms with E-state index < -0.39 is 53.2 Å². The highest BCUT2D eigenvalue weighted by Crippen LogP contribution is 2.41. The SMILES string of the molecule is C=CC1=C(C(=O)OCOC(=O)C(C)(C)C)N2C(=O)C(NC(=O)C(=O)c3csc(N)n3)[C@@H]2SC1. The van der Waals surface area contributed by atoms with Gasteiger partial charge in [0.25, 0.3) is 17.6 Å². The number of nitrogens with two attached hydrogens (primary N) is 1. The van der Waals surface area contributed by atoms with Gasteiger partial charge in [0.05, 0.1) is 5.41 Å². The molecule has 2 amide bonds. The molecule has 0 aromatic carbocycles. The van der Waals surface area contributed by atoms with Gasteiger partial charge in [-0.2, -0.15) is 0 Å². The Kier molecular flexibility index (Phi) is 6.93. The fraction of sp³-hybridized carbons (Fsp3) is 0.400. The first-order chi connectivity index (χ1) is 15.5. The molecule has 3 N–H and O–H groups in total. The Morgan fingerprint density at radius 1 is 1.33 bits per heavy atom. The summed E-state index contributed by atoms with van der Waals surface area (Å²) in [6, 6.07) is -1.02. The highest BCUT2D eigenvalue weighted by Gasteiger charge is 2.54. The van der Waals surface area contributed by atoms with Gasteiger partial charge in [0.1, 0.15) is 22.8 Å². The van der Waals surface area contributed by atoms with Gasteiger partial charge in [-0.3, -0.25) is 24.1 Å². The Bertz CT molecular complexity index is 1070. The molecule has 11 nitrogen and oxygen atoms in total. The fourth-order valence-corrected chi connectivity index (χ4v) is 4.81. The second-order valence-electron chi connectivity index (χ2n) is 8.07. The van der Waals surface area contributed by atoms with Crippen molar-refractivity contribution >= 4 is 57.8 Å². The van der Waals surface area contributed by atoms with Crippen LogP contribution in [0.25, 0.3) is 0 Å². The molecule has 13 heteroatoms. The molecule has 0 spiro atoms. The van der Waals surface area contributed by atoms with E-state index in [4.69, 9.17) is 15.2 Å². The van der Waals surface area contributed by atoms with E-state index in [0.717, 1.165) is 11.3 Å². The van der Waals surface area contributed by atoms with Crippen molar-refractivity contribution in [3.8, 4) is 0 Å². The maximum atomic E-state index is 12.8. The van der Waals surface area contributed by atoms with Crippen LogP contribution in [0.2, 0.25) is 0 Å². The van der Waals surface area contributed by atoms with Crippen molar-refractivity contribution in [2.75, 3.05) is 18.3 Å². The van der Waals surface area contributed by atoms with Crippen LogP contribution in [0, 0.1) is 5.41 Å². The number of Topliss-reactive ketones (excluding diaryl/α,β-unsaturated/α-hetero) is 1. The van der Waals surface area contributed by atoms with Crippen LogP contribution in [0.4, 0.5) is 5.13 Å². The summed E-state index contributed by atoms with van der Waals surface area (Å²) >= 11 is 2.30. The number of amides is 2. The molecule has 33 heavy (non-hydrogen) atoms. The minimum absolute atomic E-state index is 0.0466. The quantitative estimate of drug-likeness (QED) is 0.183. The number of allylic oxidation sites excluding steroid dienone is 1. The predicted molar refractivity (Wildman–Crippen MR) is 120 cm³/mol. The molecule has 2 aliphatic heterocycles. The smallest absolute Gasteiger partial charge is 0.358 e. The Morgan fingerprint density at radius 3 is 2.61 bits per heavy atom. The fourth-order valence-electron chi connectivity index (χ4n) is 2.93. The van der Waals surface area contributed by atoms with Crippen molar-refractivity contribution in [1.82, 2.24) is 15.2 Å². The Labute approximate surface area is 197 Å². The first-order valence-corrected chi connectivity index (χ1v) is 11.6. The number of β-lactam (4-membered cyclic amide) rings is 1. The molecule has 1 fully saturated rings. The molecule has 1 aromatic rings. The molecule has 1 aromatic heterocycles. The lowest BCUT2D eigenvalue weighted by Crippen LogP contribution is -2.71. The van der Waals surface area contributed by atoms with Gasteiger partial charge in [-0.25, -0.2) is 9.78 Å². The minimum Gasteiger partial charge on any atom is -0.427 e. The number of aromatic nitrogens is 1. The van der Waals surface area contributed by atoms with Gasteiger partial charge in [-0.05, 0) is 26.3 Å². The monoisotopic (exact) mass is 494 g/mol. The summed E-state index contributed by atoms with van der Waals surface area (Å²) < 4.78 is 9.98. The molecular weight excluding hydrogens is 472 g/mol. The zero-order chi connectivity index (χ0) is 24.5. The molecule has 0 saturated carbocycles. The van der Waals surface area contributed by atoms with E-state index in [-0.39, 0.29) is 16.5 Å². The molecule has 3 heterocycles. The van der Waals surface area contributed by atoms with E-state index >= 15 is 0 Å². The van der Waals surface area contributed by atoms with Gasteiger partial charge in [-0.1, -0.05) is 12.7 Å². The number of carbonyl (C=O) groups is 5. The first kappa shape index (κ1) is 24.5. The van der Waals surface area contributed by atoms with Gasteiger partial charge < -0.3 is 20.5 Å². The second-order valence-corrected chi connectivity index (χ2v) is 10.1. The number of fused-ring (bicyclic) bond motifs is 1. The van der Waals surface area contributed by atoms with E-state index in [2.05, 4.69) is 16.9 Å². The average molecular weight is 495 g/mol. The summed E-state index contributed by atoms with van der Waals surface area (Å²) in [7, 11) is 0. The molecule has 0 aliphatic carbocycles. The second kappa shape index (κ2) is 9.35. The minimum atomic E-state index is -1.02. The normalized spacial score (nSPS) is 19.8. The molecule has 176 valence electrons. The highest BCUT2D eigenvalue weighted by molar-refractivity contribution is 8.00. The third-order valence-electron chi connectivity index (χ3n) is 4.68. The summed E-state index contributed by atoms with van der Waals surface area (Å²) in [5.41, 5.74) is 5.00. The number of carbonyl (C=O) groups excluding carboxylic acids is 5. The summed E-state index contributed by atoms with van der Waals surface area (Å²) in [4.78, 5) is 66.8. The maximum Gasteiger partial charge on any atom is 0.358 e. The summed E-state index contributed by atoms with van der Waals surface area (Å²) in [5.74, 6) is -3.63. The zero-order valence-electron chi connectivity index (χ0n) is 18.1. The number of hydrogen-bond acceptors (Lipinski definition) is 11. The van der Waals surface area contributed by atoms with Crippen LogP contribution in [-0.2, 0) is 28.7 Å². The average Bonchev–Trinajstić information content (AvgIpc) is 3.20. The van der Waals surface area contributed by atoms with E-state index in [0.29, 0.717) is 11.3 Å². The lowest BCUT2D eigenvalue weighted by Gasteiger charge is -2.49. The number of ketones is 1. The Balaban J connectivity index is 1.67. The number of hydrogen-bond donors (Lipinski definition) is 2. The van der Waals surface area contributed by atoms with Crippen LogP contribution < -0.4 is 11.1 Å². The van der Waals surface area contributed by atoms with E-state index in [1.807, 2.05) is 0 Å². The topological polar surface area (TPSA) is 158 Å². The molecule has 2 atom stereocenters. The van der Waals surface area contributed by atoms with Crippen molar-refractivity contribution < 1.29 is 33.4 Å². The molecule has 1 unspecified atom stereocenters. The Hall–Kier alpha value is -3.19. The number of nitrogens with zero attached hydrogens (tertiary/aromatic N) is 2. The molecule has 2 aliphatic rings. The standard InChI is InChI=1S/C20H22N4O7S2/c1-5-9-6-32-16-11(23-14(26)13(25)10-7-33-19(21)22-10)15(27)24(16)12(9)17(28)30-8-31-18(29)20(2,3)4/h5,7,11,16H,1,6,8H2,2-4H3,(H2,21,22)(H,23,26)/t11?,16-/m0/s1. The molecule has 0 bridgehead atoms. The van der Waals surface area contributed by atoms with Crippen LogP contribution in [0.15, 0.2) is 29.3 Å². The number of esters is 2. The molecular formula is C20H22N4O7S2. The van der Waals surface area contributed by atoms with Crippen LogP contribution in [0.1, 0.15) is 31.3 Å². The number of thioether (sulfide) groups is 1. The summed E-state index contributed by atoms with van der Waals surface area (Å²) in [5, 5.41) is 3.25. The van der Waals surface area contributed by atoms with Crippen molar-refractivity contribution in [2.24, 2.45) is 5.41 Å². The van der Waals surface area contributed by atoms with Crippen LogP contribution in [-0.4, -0.2) is 63.4 Å². The van der Waals surface area contributed by atoms with Crippen LogP contribution in [0.3, 0.4) is 0 Å². The summed E-state index contributed by atoms with van der Waals surface area (Å²) in [6.45, 7) is 8.00. The third kappa shape index (κ3) is 4.93. The first-order valence-electron chi connectivity index (χ1n) is 9.66. The molecule has 0 radical (unpaired) electrons. The number of nitrogen functional groups attached to an aromatic ring is 1. The van der Waals surface area contributed by atoms with Crippen molar-refractivity contribution in [2.45, 2.75) is 32.2 Å². The summed E-state index contributed by atoms with van der Waals surface area (Å²) in [6.07, 6.45) is 1.43. The lowest BCUT2D eigenvalue weighted by atomic mass is 9.98. The van der Waals surface area contributed by atoms with Crippen molar-refractivity contribution in [3.63, 3.8) is 0 Å². The number of ether oxygens (including phenoxy) is 2. The van der Waals surface area contributed by atoms with Gasteiger partial charge in [-0.15, -0.1) is 23.1 Å². The lowest BCUT2D eigenvalue weighted by molar-refractivity contribution is -0.173. The molecule has 1 saturated heterocycles. The van der Waals surface area contributed by atoms with Gasteiger partial charge in [0, 0.05) is 11.1 Å². The number of thiazole rings is 1. The van der Waals surface area contributed by atoms with Gasteiger partial charge in [0.15, 0.2) is 5.13 Å². The molecule has 3 rings (SSSR count). The van der Waals surface area contributed by atoms with Crippen LogP contribution >= 0.6 is 23.1 Å². The highest BCUT2D eigenvalue weighted by atomic mass is 32.2. The number of nitrogens with one attached hydrogen (secondary N) is 1. The largest absolute Gasteiger partial charge is 0.427 e. The zero-order valence-corrected chi connectivity index (χ0v) is 19.7. The van der Waals surface area contributed by atoms with Crippen LogP contribution in [0.5, 0.6) is 0 Å². The van der Waals surface area contributed by atoms with Gasteiger partial charge >= 0.3 is 11.9 Å². The number of rotatable bonds is 7. The van der Waals surface area contributed by atoms with E-state index in [1.165, 1.54) is 28.1 Å². The van der Waals surface area contributed by atoms with E-state index in [9.17, 15) is 24.0 Å². The predicted octanol–water partition coefficient (Wildman–Crippen LogP) is 0.838. The van der Waals surface area contributed by atoms with Crippen molar-refractivity contribution in [1.29, 1.82) is 0 Å². The van der Waals surface area contributed by atoms with Gasteiger partial charge in [0.2, 0.25) is 6.79 Å². The number of anilines is 1. The third-order valence-corrected chi connectivity index (χ3v) is 6.65. The maximum absolute atomic E-state index is 12.8. The van der Waals surface area contributed by atoms with E-state index in [1.54, 1.807) is 20.8 Å². The Morgan fingerprint density at radius 2 is 2.03 bits per heavy atom.